The Morgan fingerprint density at radius 2 is 1.92 bits per heavy atom. The molecule has 0 aromatic heterocycles. The zero-order valence-corrected chi connectivity index (χ0v) is 13.7. The highest BCUT2D eigenvalue weighted by Gasteiger charge is 2.10. The van der Waals surface area contributed by atoms with Crippen LogP contribution >= 0.6 is 0 Å². The third kappa shape index (κ3) is 4.62. The Labute approximate surface area is 141 Å². The van der Waals surface area contributed by atoms with Crippen molar-refractivity contribution in [3.8, 4) is 11.8 Å². The smallest absolute Gasteiger partial charge is 0.267 e. The summed E-state index contributed by atoms with van der Waals surface area (Å²) in [5.41, 5.74) is 2.40. The van der Waals surface area contributed by atoms with Crippen molar-refractivity contribution in [2.45, 2.75) is 13.8 Å². The van der Waals surface area contributed by atoms with Gasteiger partial charge in [0.05, 0.1) is 12.3 Å². The molecule has 2 rings (SSSR count). The van der Waals surface area contributed by atoms with Gasteiger partial charge in [0, 0.05) is 11.9 Å². The van der Waals surface area contributed by atoms with Crippen molar-refractivity contribution < 1.29 is 9.53 Å². The Morgan fingerprint density at radius 1 is 1.21 bits per heavy atom. The summed E-state index contributed by atoms with van der Waals surface area (Å²) in [7, 11) is 0. The maximum Gasteiger partial charge on any atom is 0.267 e. The van der Waals surface area contributed by atoms with Crippen molar-refractivity contribution in [2.75, 3.05) is 17.2 Å². The van der Waals surface area contributed by atoms with Crippen molar-refractivity contribution in [1.82, 2.24) is 0 Å². The molecular weight excluding hydrogens is 302 g/mol. The van der Waals surface area contributed by atoms with E-state index in [1.54, 1.807) is 12.1 Å². The van der Waals surface area contributed by atoms with Crippen LogP contribution in [0.2, 0.25) is 0 Å². The number of aryl methyl sites for hydroxylation is 1. The molecule has 2 N–H and O–H groups in total. The van der Waals surface area contributed by atoms with E-state index in [0.717, 1.165) is 5.56 Å². The molecule has 5 nitrogen and oxygen atoms in total. The summed E-state index contributed by atoms with van der Waals surface area (Å²) < 4.78 is 5.50. The highest BCUT2D eigenvalue weighted by atomic mass is 16.5. The van der Waals surface area contributed by atoms with Gasteiger partial charge in [-0.05, 0) is 38.1 Å². The average molecular weight is 321 g/mol. The van der Waals surface area contributed by atoms with Crippen LogP contribution in [-0.4, -0.2) is 12.5 Å². The van der Waals surface area contributed by atoms with E-state index in [2.05, 4.69) is 10.6 Å². The Kier molecular flexibility index (Phi) is 5.98. The van der Waals surface area contributed by atoms with Crippen molar-refractivity contribution in [1.29, 1.82) is 5.26 Å². The van der Waals surface area contributed by atoms with Crippen molar-refractivity contribution in [3.05, 3.63) is 65.9 Å². The van der Waals surface area contributed by atoms with E-state index in [0.29, 0.717) is 23.7 Å². The number of amides is 1. The minimum absolute atomic E-state index is 0.0260. The third-order valence-corrected chi connectivity index (χ3v) is 3.23. The number of nitrogens with zero attached hydrogens (tertiary/aromatic N) is 1. The maximum absolute atomic E-state index is 12.2. The standard InChI is InChI=1S/C19H19N3O2/c1-3-24-18-7-5-4-6-17(18)21-13-15(12-20)19(23)22-16-10-8-14(2)9-11-16/h4-11,13,21H,3H2,1-2H3,(H,22,23)/b15-13-. The number of hydrogen-bond acceptors (Lipinski definition) is 4. The summed E-state index contributed by atoms with van der Waals surface area (Å²) in [4.78, 5) is 12.2. The van der Waals surface area contributed by atoms with Gasteiger partial charge < -0.3 is 15.4 Å². The van der Waals surface area contributed by atoms with Gasteiger partial charge in [0.25, 0.3) is 5.91 Å². The Bertz CT molecular complexity index is 774. The van der Waals surface area contributed by atoms with E-state index in [9.17, 15) is 10.1 Å². The third-order valence-electron chi connectivity index (χ3n) is 3.23. The van der Waals surface area contributed by atoms with E-state index in [1.807, 2.05) is 56.3 Å². The van der Waals surface area contributed by atoms with E-state index < -0.39 is 5.91 Å². The molecule has 1 amide bonds. The Balaban J connectivity index is 2.10. The highest BCUT2D eigenvalue weighted by molar-refractivity contribution is 6.06. The summed E-state index contributed by atoms with van der Waals surface area (Å²) in [6, 6.07) is 16.6. The fourth-order valence-corrected chi connectivity index (χ4v) is 2.00. The van der Waals surface area contributed by atoms with Crippen molar-refractivity contribution >= 4 is 17.3 Å². The predicted molar refractivity (Wildman–Crippen MR) is 94.7 cm³/mol. The number of para-hydroxylation sites is 2. The minimum atomic E-state index is -0.470. The monoisotopic (exact) mass is 321 g/mol. The first-order valence-corrected chi connectivity index (χ1v) is 7.60. The first kappa shape index (κ1) is 17.1. The molecule has 0 unspecified atom stereocenters. The molecule has 0 heterocycles. The fourth-order valence-electron chi connectivity index (χ4n) is 2.00. The fraction of sp³-hybridized carbons (Fsp3) is 0.158. The molecule has 0 radical (unpaired) electrons. The first-order chi connectivity index (χ1) is 11.6. The molecule has 122 valence electrons. The normalized spacial score (nSPS) is 10.6. The molecule has 24 heavy (non-hydrogen) atoms. The number of anilines is 2. The lowest BCUT2D eigenvalue weighted by Crippen LogP contribution is -2.14. The van der Waals surface area contributed by atoms with Crippen LogP contribution in [0.5, 0.6) is 5.75 Å². The second-order valence-electron chi connectivity index (χ2n) is 5.06. The van der Waals surface area contributed by atoms with Crippen molar-refractivity contribution in [2.24, 2.45) is 0 Å². The number of nitriles is 1. The molecule has 0 aliphatic heterocycles. The molecule has 0 aliphatic rings. The topological polar surface area (TPSA) is 74.1 Å². The van der Waals surface area contributed by atoms with Gasteiger partial charge in [-0.2, -0.15) is 5.26 Å². The predicted octanol–water partition coefficient (Wildman–Crippen LogP) is 3.85. The lowest BCUT2D eigenvalue weighted by atomic mass is 10.2. The Morgan fingerprint density at radius 3 is 2.58 bits per heavy atom. The van der Waals surface area contributed by atoms with Crippen LogP contribution < -0.4 is 15.4 Å². The zero-order valence-electron chi connectivity index (χ0n) is 13.7. The Hall–Kier alpha value is -3.26. The van der Waals surface area contributed by atoms with E-state index >= 15 is 0 Å². The minimum Gasteiger partial charge on any atom is -0.492 e. The second kappa shape index (κ2) is 8.39. The van der Waals surface area contributed by atoms with Crippen LogP contribution in [-0.2, 0) is 4.79 Å². The zero-order chi connectivity index (χ0) is 17.4. The van der Waals surface area contributed by atoms with E-state index in [4.69, 9.17) is 4.74 Å². The van der Waals surface area contributed by atoms with Gasteiger partial charge in [0.1, 0.15) is 17.4 Å². The molecule has 2 aromatic rings. The van der Waals surface area contributed by atoms with Gasteiger partial charge in [-0.25, -0.2) is 0 Å². The second-order valence-corrected chi connectivity index (χ2v) is 5.06. The van der Waals surface area contributed by atoms with Gasteiger partial charge in [-0.3, -0.25) is 4.79 Å². The lowest BCUT2D eigenvalue weighted by Gasteiger charge is -2.10. The molecule has 0 saturated carbocycles. The van der Waals surface area contributed by atoms with Gasteiger partial charge in [-0.1, -0.05) is 29.8 Å². The average Bonchev–Trinajstić information content (AvgIpc) is 2.59. The molecule has 5 heteroatoms. The number of carbonyl (C=O) groups is 1. The largest absolute Gasteiger partial charge is 0.492 e. The molecule has 2 aromatic carbocycles. The van der Waals surface area contributed by atoms with Crippen molar-refractivity contribution in [3.63, 3.8) is 0 Å². The number of ether oxygens (including phenoxy) is 1. The first-order valence-electron chi connectivity index (χ1n) is 7.60. The van der Waals surface area contributed by atoms with E-state index in [-0.39, 0.29) is 5.57 Å². The van der Waals surface area contributed by atoms with E-state index in [1.165, 1.54) is 6.20 Å². The van der Waals surface area contributed by atoms with Crippen LogP contribution in [0, 0.1) is 18.3 Å². The number of benzene rings is 2. The maximum atomic E-state index is 12.2. The van der Waals surface area contributed by atoms with Gasteiger partial charge in [-0.15, -0.1) is 0 Å². The van der Waals surface area contributed by atoms with Gasteiger partial charge in [0.15, 0.2) is 0 Å². The van der Waals surface area contributed by atoms with Gasteiger partial charge >= 0.3 is 0 Å². The summed E-state index contributed by atoms with van der Waals surface area (Å²) in [6.45, 7) is 4.38. The molecule has 0 atom stereocenters. The van der Waals surface area contributed by atoms with Crippen LogP contribution in [0.4, 0.5) is 11.4 Å². The summed E-state index contributed by atoms with van der Waals surface area (Å²) in [6.07, 6.45) is 1.38. The summed E-state index contributed by atoms with van der Waals surface area (Å²) >= 11 is 0. The summed E-state index contributed by atoms with van der Waals surface area (Å²) in [5.74, 6) is 0.190. The molecule has 0 bridgehead atoms. The molecular formula is C19H19N3O2. The molecule has 0 aliphatic carbocycles. The van der Waals surface area contributed by atoms with Crippen LogP contribution in [0.25, 0.3) is 0 Å². The van der Waals surface area contributed by atoms with Crippen LogP contribution in [0.15, 0.2) is 60.3 Å². The van der Waals surface area contributed by atoms with Crippen LogP contribution in [0.3, 0.4) is 0 Å². The molecule has 0 fully saturated rings. The molecule has 0 spiro atoms. The SMILES string of the molecule is CCOc1ccccc1N/C=C(/C#N)C(=O)Nc1ccc(C)cc1. The number of rotatable bonds is 6. The number of carbonyl (C=O) groups excluding carboxylic acids is 1. The van der Waals surface area contributed by atoms with Gasteiger partial charge in [0.2, 0.25) is 0 Å². The quantitative estimate of drug-likeness (QED) is 0.626. The lowest BCUT2D eigenvalue weighted by molar-refractivity contribution is -0.112. The number of nitrogens with one attached hydrogen (secondary N) is 2. The summed E-state index contributed by atoms with van der Waals surface area (Å²) in [5, 5.41) is 14.9. The molecule has 0 saturated heterocycles. The number of hydrogen-bond donors (Lipinski definition) is 2. The highest BCUT2D eigenvalue weighted by Crippen LogP contribution is 2.23. The van der Waals surface area contributed by atoms with Crippen LogP contribution in [0.1, 0.15) is 12.5 Å².